The van der Waals surface area contributed by atoms with Gasteiger partial charge in [0, 0.05) is 19.3 Å². The van der Waals surface area contributed by atoms with Gasteiger partial charge in [-0.15, -0.1) is 22.7 Å². The van der Waals surface area contributed by atoms with E-state index in [4.69, 9.17) is 0 Å². The number of aliphatic hydroxyl groups excluding tert-OH is 1. The number of aryl methyl sites for hydroxylation is 1. The van der Waals surface area contributed by atoms with Crippen LogP contribution in [0, 0.1) is 12.7 Å². The fourth-order valence-corrected chi connectivity index (χ4v) is 3.95. The zero-order valence-corrected chi connectivity index (χ0v) is 11.3. The van der Waals surface area contributed by atoms with Crippen molar-refractivity contribution in [1.82, 2.24) is 0 Å². The summed E-state index contributed by atoms with van der Waals surface area (Å²) >= 11 is 3.03. The summed E-state index contributed by atoms with van der Waals surface area (Å²) in [6.45, 7) is 2.02. The normalized spacial score (nSPS) is 13.1. The number of benzene rings is 1. The van der Waals surface area contributed by atoms with Gasteiger partial charge >= 0.3 is 0 Å². The van der Waals surface area contributed by atoms with Crippen molar-refractivity contribution in [3.8, 4) is 0 Å². The minimum Gasteiger partial charge on any atom is -0.382 e. The summed E-state index contributed by atoms with van der Waals surface area (Å²) in [5, 5.41) is 11.3. The Morgan fingerprint density at radius 3 is 2.61 bits per heavy atom. The fraction of sp³-hybridized carbons (Fsp3) is 0.143. The first kappa shape index (κ1) is 11.8. The van der Waals surface area contributed by atoms with Crippen molar-refractivity contribution in [3.05, 3.63) is 56.8 Å². The lowest BCUT2D eigenvalue weighted by molar-refractivity contribution is 0.228. The molecule has 0 fully saturated rings. The summed E-state index contributed by atoms with van der Waals surface area (Å²) in [4.78, 5) is 2.97. The Kier molecular flexibility index (Phi) is 2.93. The fourth-order valence-electron chi connectivity index (χ4n) is 1.90. The Balaban J connectivity index is 2.03. The van der Waals surface area contributed by atoms with Crippen molar-refractivity contribution >= 4 is 32.8 Å². The molecule has 3 rings (SSSR count). The highest BCUT2D eigenvalue weighted by atomic mass is 32.1. The lowest BCUT2D eigenvalue weighted by Gasteiger charge is -2.04. The molecule has 92 valence electrons. The van der Waals surface area contributed by atoms with Crippen molar-refractivity contribution < 1.29 is 9.50 Å². The minimum absolute atomic E-state index is 0.239. The standard InChI is InChI=1S/C14H11FOS2/c1-8-2-5-11(17-8)14(16)13-6-9-3-4-10(15)7-12(9)18-13/h2-7,14,16H,1H3. The molecule has 1 aromatic carbocycles. The molecular weight excluding hydrogens is 267 g/mol. The van der Waals surface area contributed by atoms with Crippen molar-refractivity contribution in [3.63, 3.8) is 0 Å². The molecule has 2 heterocycles. The van der Waals surface area contributed by atoms with Crippen LogP contribution in [0.2, 0.25) is 0 Å². The van der Waals surface area contributed by atoms with Crippen LogP contribution in [-0.4, -0.2) is 5.11 Å². The van der Waals surface area contributed by atoms with E-state index in [2.05, 4.69) is 0 Å². The number of rotatable bonds is 2. The minimum atomic E-state index is -0.607. The van der Waals surface area contributed by atoms with Crippen LogP contribution in [0.1, 0.15) is 20.7 Å². The zero-order chi connectivity index (χ0) is 12.7. The third-order valence-electron chi connectivity index (χ3n) is 2.80. The Labute approximate surface area is 112 Å². The molecule has 1 atom stereocenters. The maximum absolute atomic E-state index is 13.1. The van der Waals surface area contributed by atoms with Gasteiger partial charge in [-0.25, -0.2) is 4.39 Å². The third-order valence-corrected chi connectivity index (χ3v) is 5.00. The number of thiophene rings is 2. The van der Waals surface area contributed by atoms with Gasteiger partial charge in [-0.05, 0) is 42.6 Å². The molecule has 1 unspecified atom stereocenters. The van der Waals surface area contributed by atoms with E-state index in [0.29, 0.717) is 0 Å². The molecule has 18 heavy (non-hydrogen) atoms. The van der Waals surface area contributed by atoms with E-state index in [9.17, 15) is 9.50 Å². The summed E-state index contributed by atoms with van der Waals surface area (Å²) in [5.74, 6) is -0.239. The number of aliphatic hydroxyl groups is 1. The highest BCUT2D eigenvalue weighted by molar-refractivity contribution is 7.19. The van der Waals surface area contributed by atoms with E-state index >= 15 is 0 Å². The molecule has 0 spiro atoms. The van der Waals surface area contributed by atoms with Gasteiger partial charge < -0.3 is 5.11 Å². The average molecular weight is 278 g/mol. The van der Waals surface area contributed by atoms with Gasteiger partial charge in [-0.2, -0.15) is 0 Å². The van der Waals surface area contributed by atoms with Crippen molar-refractivity contribution in [2.24, 2.45) is 0 Å². The Hall–Kier alpha value is -1.23. The topological polar surface area (TPSA) is 20.2 Å². The molecule has 0 saturated heterocycles. The van der Waals surface area contributed by atoms with E-state index in [1.54, 1.807) is 17.4 Å². The maximum Gasteiger partial charge on any atom is 0.124 e. The molecule has 2 aromatic heterocycles. The van der Waals surface area contributed by atoms with Crippen LogP contribution < -0.4 is 0 Å². The molecule has 4 heteroatoms. The third kappa shape index (κ3) is 2.07. The second-order valence-corrected chi connectivity index (χ2v) is 6.62. The Morgan fingerprint density at radius 2 is 1.89 bits per heavy atom. The molecule has 0 saturated carbocycles. The summed E-state index contributed by atoms with van der Waals surface area (Å²) in [6, 6.07) is 10.6. The van der Waals surface area contributed by atoms with Crippen molar-refractivity contribution in [2.75, 3.05) is 0 Å². The van der Waals surface area contributed by atoms with Gasteiger partial charge in [-0.1, -0.05) is 6.07 Å². The monoisotopic (exact) mass is 278 g/mol. The lowest BCUT2D eigenvalue weighted by atomic mass is 10.2. The number of fused-ring (bicyclic) bond motifs is 1. The average Bonchev–Trinajstić information content (AvgIpc) is 2.93. The first-order valence-corrected chi connectivity index (χ1v) is 7.20. The van der Waals surface area contributed by atoms with E-state index in [-0.39, 0.29) is 5.82 Å². The predicted molar refractivity (Wildman–Crippen MR) is 74.9 cm³/mol. The summed E-state index contributed by atoms with van der Waals surface area (Å²) in [5.41, 5.74) is 0. The lowest BCUT2D eigenvalue weighted by Crippen LogP contribution is -1.92. The van der Waals surface area contributed by atoms with Gasteiger partial charge in [0.1, 0.15) is 11.9 Å². The van der Waals surface area contributed by atoms with Gasteiger partial charge in [-0.3, -0.25) is 0 Å². The predicted octanol–water partition coefficient (Wildman–Crippen LogP) is 4.49. The largest absolute Gasteiger partial charge is 0.382 e. The zero-order valence-electron chi connectivity index (χ0n) is 9.68. The molecule has 0 radical (unpaired) electrons. The van der Waals surface area contributed by atoms with Gasteiger partial charge in [0.2, 0.25) is 0 Å². The van der Waals surface area contributed by atoms with Gasteiger partial charge in [0.15, 0.2) is 0 Å². The highest BCUT2D eigenvalue weighted by Gasteiger charge is 2.15. The maximum atomic E-state index is 13.1. The van der Waals surface area contributed by atoms with Crippen molar-refractivity contribution in [2.45, 2.75) is 13.0 Å². The molecule has 0 aliphatic rings. The molecule has 3 aromatic rings. The number of hydrogen-bond acceptors (Lipinski definition) is 3. The smallest absolute Gasteiger partial charge is 0.124 e. The number of hydrogen-bond donors (Lipinski definition) is 1. The van der Waals surface area contributed by atoms with Crippen LogP contribution in [0.25, 0.3) is 10.1 Å². The van der Waals surface area contributed by atoms with Gasteiger partial charge in [0.05, 0.1) is 0 Å². The van der Waals surface area contributed by atoms with Crippen LogP contribution in [0.4, 0.5) is 4.39 Å². The second-order valence-electron chi connectivity index (χ2n) is 4.18. The molecule has 0 aliphatic heterocycles. The van der Waals surface area contributed by atoms with E-state index in [1.807, 2.05) is 25.1 Å². The van der Waals surface area contributed by atoms with Gasteiger partial charge in [0.25, 0.3) is 0 Å². The van der Waals surface area contributed by atoms with E-state index < -0.39 is 6.10 Å². The molecule has 0 aliphatic carbocycles. The second kappa shape index (κ2) is 4.46. The molecule has 0 amide bonds. The van der Waals surface area contributed by atoms with Crippen molar-refractivity contribution in [1.29, 1.82) is 0 Å². The SMILES string of the molecule is Cc1ccc(C(O)c2cc3ccc(F)cc3s2)s1. The Morgan fingerprint density at radius 1 is 1.06 bits per heavy atom. The number of halogens is 1. The van der Waals surface area contributed by atoms with Crippen LogP contribution in [0.15, 0.2) is 36.4 Å². The molecular formula is C14H11FOS2. The quantitative estimate of drug-likeness (QED) is 0.732. The van der Waals surface area contributed by atoms with Crippen LogP contribution >= 0.6 is 22.7 Å². The van der Waals surface area contributed by atoms with Crippen LogP contribution in [-0.2, 0) is 0 Å². The summed E-state index contributed by atoms with van der Waals surface area (Å²) < 4.78 is 14.0. The molecule has 0 bridgehead atoms. The van der Waals surface area contributed by atoms with E-state index in [1.165, 1.54) is 28.3 Å². The highest BCUT2D eigenvalue weighted by Crippen LogP contribution is 2.35. The van der Waals surface area contributed by atoms with Crippen LogP contribution in [0.5, 0.6) is 0 Å². The Bertz CT molecular complexity index is 699. The first-order valence-electron chi connectivity index (χ1n) is 5.57. The summed E-state index contributed by atoms with van der Waals surface area (Å²) in [6.07, 6.45) is -0.607. The molecule has 1 nitrogen and oxygen atoms in total. The summed E-state index contributed by atoms with van der Waals surface area (Å²) in [7, 11) is 0. The molecule has 1 N–H and O–H groups in total. The first-order chi connectivity index (χ1) is 8.63. The van der Waals surface area contributed by atoms with E-state index in [0.717, 1.165) is 19.8 Å². The van der Waals surface area contributed by atoms with Crippen LogP contribution in [0.3, 0.4) is 0 Å².